The Morgan fingerprint density at radius 1 is 0.950 bits per heavy atom. The van der Waals surface area contributed by atoms with Crippen LogP contribution in [0.1, 0.15) is 39.4 Å². The summed E-state index contributed by atoms with van der Waals surface area (Å²) in [5.74, 6) is -0.0912. The second-order valence-electron chi connectivity index (χ2n) is 4.89. The Hall–Kier alpha value is -2.10. The van der Waals surface area contributed by atoms with Crippen molar-refractivity contribution in [1.29, 1.82) is 0 Å². The molecular formula is C16H11F3O. The van der Waals surface area contributed by atoms with E-state index in [1.165, 1.54) is 12.1 Å². The van der Waals surface area contributed by atoms with E-state index in [0.717, 1.165) is 23.3 Å². The fraction of sp³-hybridized carbons (Fsp3) is 0.188. The second-order valence-corrected chi connectivity index (χ2v) is 4.89. The number of fused-ring (bicyclic) bond motifs is 1. The maximum absolute atomic E-state index is 12.5. The summed E-state index contributed by atoms with van der Waals surface area (Å²) in [5, 5.41) is 0. The van der Waals surface area contributed by atoms with Crippen LogP contribution in [-0.2, 0) is 6.18 Å². The van der Waals surface area contributed by atoms with E-state index in [1.807, 2.05) is 12.1 Å². The first-order valence-electron chi connectivity index (χ1n) is 6.26. The number of hydrogen-bond acceptors (Lipinski definition) is 1. The molecule has 1 atom stereocenters. The van der Waals surface area contributed by atoms with Gasteiger partial charge >= 0.3 is 6.18 Å². The highest BCUT2D eigenvalue weighted by Crippen LogP contribution is 2.39. The molecule has 2 aromatic carbocycles. The Labute approximate surface area is 114 Å². The zero-order valence-corrected chi connectivity index (χ0v) is 10.4. The van der Waals surface area contributed by atoms with Gasteiger partial charge in [-0.05, 0) is 23.3 Å². The topological polar surface area (TPSA) is 17.1 Å². The van der Waals surface area contributed by atoms with E-state index in [0.29, 0.717) is 12.0 Å². The Kier molecular flexibility index (Phi) is 2.89. The Balaban J connectivity index is 1.97. The summed E-state index contributed by atoms with van der Waals surface area (Å²) < 4.78 is 37.6. The van der Waals surface area contributed by atoms with Gasteiger partial charge in [-0.1, -0.05) is 36.4 Å². The second kappa shape index (κ2) is 4.47. The molecule has 0 saturated heterocycles. The van der Waals surface area contributed by atoms with Gasteiger partial charge in [0.1, 0.15) is 0 Å². The third kappa shape index (κ3) is 2.11. The number of carbonyl (C=O) groups excluding carboxylic acids is 1. The summed E-state index contributed by atoms with van der Waals surface area (Å²) in [4.78, 5) is 11.9. The summed E-state index contributed by atoms with van der Waals surface area (Å²) >= 11 is 0. The molecule has 0 bridgehead atoms. The van der Waals surface area contributed by atoms with Crippen molar-refractivity contribution in [3.63, 3.8) is 0 Å². The molecule has 0 spiro atoms. The van der Waals surface area contributed by atoms with E-state index in [1.54, 1.807) is 12.1 Å². The number of hydrogen-bond donors (Lipinski definition) is 0. The number of alkyl halides is 3. The highest BCUT2D eigenvalue weighted by Gasteiger charge is 2.32. The summed E-state index contributed by atoms with van der Waals surface area (Å²) in [6.45, 7) is 0. The van der Waals surface area contributed by atoms with Crippen molar-refractivity contribution < 1.29 is 18.0 Å². The van der Waals surface area contributed by atoms with Gasteiger partial charge in [-0.3, -0.25) is 4.79 Å². The molecule has 1 unspecified atom stereocenters. The van der Waals surface area contributed by atoms with Gasteiger partial charge in [-0.2, -0.15) is 13.2 Å². The molecule has 0 fully saturated rings. The third-order valence-corrected chi connectivity index (χ3v) is 3.67. The van der Waals surface area contributed by atoms with E-state index in [-0.39, 0.29) is 11.7 Å². The molecule has 0 aliphatic heterocycles. The molecule has 4 heteroatoms. The van der Waals surface area contributed by atoms with Crippen molar-refractivity contribution in [2.24, 2.45) is 0 Å². The molecule has 20 heavy (non-hydrogen) atoms. The monoisotopic (exact) mass is 276 g/mol. The molecule has 1 aliphatic carbocycles. The van der Waals surface area contributed by atoms with Crippen molar-refractivity contribution in [3.05, 3.63) is 70.8 Å². The quantitative estimate of drug-likeness (QED) is 0.753. The standard InChI is InChI=1S/C16H11F3O/c17-16(18,19)11-7-5-10(6-8-11)14-9-15(20)13-4-2-1-3-12(13)14/h1-8,14H,9H2. The lowest BCUT2D eigenvalue weighted by Crippen LogP contribution is -2.05. The van der Waals surface area contributed by atoms with Crippen LogP contribution >= 0.6 is 0 Å². The fourth-order valence-electron chi connectivity index (χ4n) is 2.66. The van der Waals surface area contributed by atoms with Gasteiger partial charge in [-0.15, -0.1) is 0 Å². The van der Waals surface area contributed by atoms with Crippen molar-refractivity contribution in [3.8, 4) is 0 Å². The first-order valence-corrected chi connectivity index (χ1v) is 6.26. The van der Waals surface area contributed by atoms with Crippen LogP contribution in [0, 0.1) is 0 Å². The molecule has 0 saturated carbocycles. The Morgan fingerprint density at radius 2 is 1.60 bits per heavy atom. The smallest absolute Gasteiger partial charge is 0.294 e. The van der Waals surface area contributed by atoms with Gasteiger partial charge in [0.15, 0.2) is 5.78 Å². The highest BCUT2D eigenvalue weighted by atomic mass is 19.4. The van der Waals surface area contributed by atoms with Gasteiger partial charge in [0.25, 0.3) is 0 Å². The number of carbonyl (C=O) groups is 1. The van der Waals surface area contributed by atoms with Crippen molar-refractivity contribution >= 4 is 5.78 Å². The molecule has 2 aromatic rings. The van der Waals surface area contributed by atoms with Gasteiger partial charge in [0.2, 0.25) is 0 Å². The van der Waals surface area contributed by atoms with Crippen LogP contribution in [0.5, 0.6) is 0 Å². The number of ketones is 1. The third-order valence-electron chi connectivity index (χ3n) is 3.67. The maximum Gasteiger partial charge on any atom is 0.416 e. The van der Waals surface area contributed by atoms with Gasteiger partial charge in [-0.25, -0.2) is 0 Å². The van der Waals surface area contributed by atoms with E-state index >= 15 is 0 Å². The van der Waals surface area contributed by atoms with Crippen molar-refractivity contribution in [2.45, 2.75) is 18.5 Å². The number of rotatable bonds is 1. The number of benzene rings is 2. The van der Waals surface area contributed by atoms with Gasteiger partial charge in [0.05, 0.1) is 5.56 Å². The predicted molar refractivity (Wildman–Crippen MR) is 68.7 cm³/mol. The molecule has 1 aliphatic rings. The SMILES string of the molecule is O=C1CC(c2ccc(C(F)(F)F)cc2)c2ccccc21. The molecule has 0 aromatic heterocycles. The van der Waals surface area contributed by atoms with E-state index in [4.69, 9.17) is 0 Å². The predicted octanol–water partition coefficient (Wildman–Crippen LogP) is 4.42. The van der Waals surface area contributed by atoms with Crippen LogP contribution in [-0.4, -0.2) is 5.78 Å². The average molecular weight is 276 g/mol. The van der Waals surface area contributed by atoms with E-state index < -0.39 is 11.7 Å². The maximum atomic E-state index is 12.5. The van der Waals surface area contributed by atoms with Crippen LogP contribution < -0.4 is 0 Å². The molecular weight excluding hydrogens is 265 g/mol. The largest absolute Gasteiger partial charge is 0.416 e. The van der Waals surface area contributed by atoms with Crippen LogP contribution in [0.15, 0.2) is 48.5 Å². The first kappa shape index (κ1) is 12.9. The summed E-state index contributed by atoms with van der Waals surface area (Å²) in [6, 6.07) is 12.3. The summed E-state index contributed by atoms with van der Waals surface area (Å²) in [5.41, 5.74) is 1.66. The summed E-state index contributed by atoms with van der Waals surface area (Å²) in [7, 11) is 0. The molecule has 0 radical (unpaired) electrons. The molecule has 0 N–H and O–H groups in total. The van der Waals surface area contributed by atoms with Gasteiger partial charge in [0, 0.05) is 17.9 Å². The minimum absolute atomic E-state index is 0.0468. The molecule has 1 nitrogen and oxygen atoms in total. The normalized spacial score (nSPS) is 18.1. The van der Waals surface area contributed by atoms with Gasteiger partial charge < -0.3 is 0 Å². The number of Topliss-reactive ketones (excluding diaryl/α,β-unsaturated/α-hetero) is 1. The molecule has 0 amide bonds. The lowest BCUT2D eigenvalue weighted by molar-refractivity contribution is -0.137. The Morgan fingerprint density at radius 3 is 2.25 bits per heavy atom. The average Bonchev–Trinajstić information content (AvgIpc) is 2.76. The van der Waals surface area contributed by atoms with Crippen LogP contribution in [0.2, 0.25) is 0 Å². The lowest BCUT2D eigenvalue weighted by Gasteiger charge is -2.13. The zero-order chi connectivity index (χ0) is 14.3. The fourth-order valence-corrected chi connectivity index (χ4v) is 2.66. The van der Waals surface area contributed by atoms with E-state index in [2.05, 4.69) is 0 Å². The van der Waals surface area contributed by atoms with Crippen molar-refractivity contribution in [1.82, 2.24) is 0 Å². The number of halogens is 3. The Bertz CT molecular complexity index is 656. The van der Waals surface area contributed by atoms with Crippen LogP contribution in [0.4, 0.5) is 13.2 Å². The van der Waals surface area contributed by atoms with Crippen molar-refractivity contribution in [2.75, 3.05) is 0 Å². The van der Waals surface area contributed by atoms with Crippen LogP contribution in [0.25, 0.3) is 0 Å². The first-order chi connectivity index (χ1) is 9.47. The minimum Gasteiger partial charge on any atom is -0.294 e. The summed E-state index contributed by atoms with van der Waals surface area (Å²) in [6.07, 6.45) is -4.01. The molecule has 102 valence electrons. The molecule has 3 rings (SSSR count). The molecule has 0 heterocycles. The lowest BCUT2D eigenvalue weighted by atomic mass is 9.92. The highest BCUT2D eigenvalue weighted by molar-refractivity contribution is 6.01. The van der Waals surface area contributed by atoms with Crippen LogP contribution in [0.3, 0.4) is 0 Å². The zero-order valence-electron chi connectivity index (χ0n) is 10.4. The van der Waals surface area contributed by atoms with E-state index in [9.17, 15) is 18.0 Å². The minimum atomic E-state index is -4.33.